The summed E-state index contributed by atoms with van der Waals surface area (Å²) in [5.74, 6) is 0. The van der Waals surface area contributed by atoms with Crippen molar-refractivity contribution in [1.29, 1.82) is 0 Å². The Morgan fingerprint density at radius 1 is 0.897 bits per heavy atom. The van der Waals surface area contributed by atoms with Gasteiger partial charge in [0.15, 0.2) is 0 Å². The molecule has 0 aliphatic carbocycles. The van der Waals surface area contributed by atoms with Gasteiger partial charge in [0, 0.05) is 43.6 Å². The van der Waals surface area contributed by atoms with Gasteiger partial charge in [-0.2, -0.15) is 4.31 Å². The summed E-state index contributed by atoms with van der Waals surface area (Å²) in [6, 6.07) is 11.8. The van der Waals surface area contributed by atoms with Gasteiger partial charge in [0.1, 0.15) is 5.69 Å². The Bertz CT molecular complexity index is 996. The van der Waals surface area contributed by atoms with Crippen molar-refractivity contribution >= 4 is 32.8 Å². The topological polar surface area (TPSA) is 95.8 Å². The third kappa shape index (κ3) is 4.06. The predicted molar refractivity (Wildman–Crippen MR) is 112 cm³/mol. The van der Waals surface area contributed by atoms with Crippen molar-refractivity contribution in [3.8, 4) is 0 Å². The molecule has 29 heavy (non-hydrogen) atoms. The standard InChI is InChI=1S/C20H24N4O4S/c25-24(26)20-15-18(29(27,28)23-13-3-4-14-23)9-10-19(20)21-16-5-7-17(8-6-16)22-11-1-2-12-22/h5-10,15,21H,1-4,11-14H2. The second kappa shape index (κ2) is 8.00. The molecule has 154 valence electrons. The molecule has 8 nitrogen and oxygen atoms in total. The molecule has 0 radical (unpaired) electrons. The lowest BCUT2D eigenvalue weighted by Crippen LogP contribution is -2.27. The number of rotatable bonds is 6. The third-order valence-corrected chi connectivity index (χ3v) is 7.38. The van der Waals surface area contributed by atoms with Gasteiger partial charge in [-0.25, -0.2) is 8.42 Å². The van der Waals surface area contributed by atoms with Crippen LogP contribution in [0.15, 0.2) is 47.4 Å². The Hall–Kier alpha value is -2.65. The van der Waals surface area contributed by atoms with Crippen LogP contribution in [0.3, 0.4) is 0 Å². The van der Waals surface area contributed by atoms with E-state index in [2.05, 4.69) is 10.2 Å². The van der Waals surface area contributed by atoms with Crippen LogP contribution in [-0.4, -0.2) is 43.8 Å². The van der Waals surface area contributed by atoms with Crippen molar-refractivity contribution in [1.82, 2.24) is 4.31 Å². The summed E-state index contributed by atoms with van der Waals surface area (Å²) < 4.78 is 26.8. The smallest absolute Gasteiger partial charge is 0.294 e. The van der Waals surface area contributed by atoms with E-state index in [0.717, 1.165) is 37.7 Å². The van der Waals surface area contributed by atoms with E-state index in [1.165, 1.54) is 29.3 Å². The van der Waals surface area contributed by atoms with Gasteiger partial charge in [-0.1, -0.05) is 0 Å². The van der Waals surface area contributed by atoms with Gasteiger partial charge in [0.05, 0.1) is 9.82 Å². The maximum atomic E-state index is 12.7. The Kier molecular flexibility index (Phi) is 5.42. The molecule has 2 aromatic carbocycles. The maximum Gasteiger partial charge on any atom is 0.294 e. The minimum absolute atomic E-state index is 0.0407. The fraction of sp³-hybridized carbons (Fsp3) is 0.400. The first-order valence-electron chi connectivity index (χ1n) is 9.86. The number of hydrogen-bond acceptors (Lipinski definition) is 6. The molecule has 0 bridgehead atoms. The SMILES string of the molecule is O=[N+]([O-])c1cc(S(=O)(=O)N2CCCC2)ccc1Nc1ccc(N2CCCC2)cc1. The summed E-state index contributed by atoms with van der Waals surface area (Å²) in [6.07, 6.45) is 4.01. The van der Waals surface area contributed by atoms with Crippen LogP contribution in [0.1, 0.15) is 25.7 Å². The molecule has 0 atom stereocenters. The zero-order valence-electron chi connectivity index (χ0n) is 16.1. The van der Waals surface area contributed by atoms with Gasteiger partial charge < -0.3 is 10.2 Å². The molecular formula is C20H24N4O4S. The summed E-state index contributed by atoms with van der Waals surface area (Å²) in [7, 11) is -3.70. The van der Waals surface area contributed by atoms with Crippen molar-refractivity contribution in [2.24, 2.45) is 0 Å². The number of nitrogens with one attached hydrogen (secondary N) is 1. The molecule has 4 rings (SSSR count). The van der Waals surface area contributed by atoms with E-state index >= 15 is 0 Å². The van der Waals surface area contributed by atoms with Gasteiger partial charge in [0.2, 0.25) is 10.0 Å². The third-order valence-electron chi connectivity index (χ3n) is 5.49. The normalized spacial score (nSPS) is 17.6. The molecule has 9 heteroatoms. The van der Waals surface area contributed by atoms with Gasteiger partial charge in [-0.15, -0.1) is 0 Å². The number of nitrogens with zero attached hydrogens (tertiary/aromatic N) is 3. The quantitative estimate of drug-likeness (QED) is 0.569. The number of anilines is 3. The first-order chi connectivity index (χ1) is 13.9. The van der Waals surface area contributed by atoms with Gasteiger partial charge >= 0.3 is 0 Å². The molecule has 2 heterocycles. The fourth-order valence-corrected chi connectivity index (χ4v) is 5.43. The van der Waals surface area contributed by atoms with Gasteiger partial charge in [-0.05, 0) is 62.1 Å². The second-order valence-electron chi connectivity index (χ2n) is 7.41. The molecule has 2 fully saturated rings. The average molecular weight is 417 g/mol. The number of sulfonamides is 1. The van der Waals surface area contributed by atoms with Crippen LogP contribution in [0.4, 0.5) is 22.7 Å². The fourth-order valence-electron chi connectivity index (χ4n) is 3.89. The van der Waals surface area contributed by atoms with E-state index in [0.29, 0.717) is 18.8 Å². The number of hydrogen-bond donors (Lipinski definition) is 1. The molecule has 0 amide bonds. The first kappa shape index (κ1) is 19.7. The molecular weight excluding hydrogens is 392 g/mol. The Morgan fingerprint density at radius 3 is 2.14 bits per heavy atom. The highest BCUT2D eigenvalue weighted by Gasteiger charge is 2.29. The van der Waals surface area contributed by atoms with Gasteiger partial charge in [-0.3, -0.25) is 10.1 Å². The lowest BCUT2D eigenvalue weighted by Gasteiger charge is -2.18. The Morgan fingerprint density at radius 2 is 1.52 bits per heavy atom. The van der Waals surface area contributed by atoms with Crippen LogP contribution in [0.2, 0.25) is 0 Å². The van der Waals surface area contributed by atoms with E-state index in [1.807, 2.05) is 24.3 Å². The van der Waals surface area contributed by atoms with Crippen molar-refractivity contribution in [2.45, 2.75) is 30.6 Å². The molecule has 0 saturated carbocycles. The van der Waals surface area contributed by atoms with Crippen molar-refractivity contribution < 1.29 is 13.3 Å². The second-order valence-corrected chi connectivity index (χ2v) is 9.35. The summed E-state index contributed by atoms with van der Waals surface area (Å²) in [6.45, 7) is 3.01. The summed E-state index contributed by atoms with van der Waals surface area (Å²) in [5.41, 5.74) is 1.86. The van der Waals surface area contributed by atoms with Crippen LogP contribution in [0.5, 0.6) is 0 Å². The highest BCUT2D eigenvalue weighted by molar-refractivity contribution is 7.89. The largest absolute Gasteiger partial charge is 0.372 e. The van der Waals surface area contributed by atoms with E-state index in [1.54, 1.807) is 0 Å². The zero-order chi connectivity index (χ0) is 20.4. The monoisotopic (exact) mass is 416 g/mol. The highest BCUT2D eigenvalue weighted by atomic mass is 32.2. The van der Waals surface area contributed by atoms with E-state index < -0.39 is 14.9 Å². The maximum absolute atomic E-state index is 12.7. The Balaban J connectivity index is 1.58. The summed E-state index contributed by atoms with van der Waals surface area (Å²) in [5, 5.41) is 14.6. The molecule has 2 aromatic rings. The van der Waals surface area contributed by atoms with Crippen LogP contribution >= 0.6 is 0 Å². The lowest BCUT2D eigenvalue weighted by molar-refractivity contribution is -0.384. The minimum Gasteiger partial charge on any atom is -0.372 e. The molecule has 2 saturated heterocycles. The molecule has 0 aromatic heterocycles. The van der Waals surface area contributed by atoms with E-state index in [-0.39, 0.29) is 16.3 Å². The number of nitro benzene ring substituents is 1. The average Bonchev–Trinajstić information content (AvgIpc) is 3.43. The number of benzene rings is 2. The first-order valence-corrected chi connectivity index (χ1v) is 11.3. The van der Waals surface area contributed by atoms with Gasteiger partial charge in [0.25, 0.3) is 5.69 Å². The van der Waals surface area contributed by atoms with E-state index in [4.69, 9.17) is 0 Å². The van der Waals surface area contributed by atoms with Crippen molar-refractivity contribution in [2.75, 3.05) is 36.4 Å². The van der Waals surface area contributed by atoms with Crippen LogP contribution in [-0.2, 0) is 10.0 Å². The van der Waals surface area contributed by atoms with Crippen LogP contribution in [0, 0.1) is 10.1 Å². The van der Waals surface area contributed by atoms with E-state index in [9.17, 15) is 18.5 Å². The predicted octanol–water partition coefficient (Wildman–Crippen LogP) is 3.72. The zero-order valence-corrected chi connectivity index (χ0v) is 16.9. The molecule has 1 N–H and O–H groups in total. The van der Waals surface area contributed by atoms with Crippen LogP contribution < -0.4 is 10.2 Å². The van der Waals surface area contributed by atoms with Crippen LogP contribution in [0.25, 0.3) is 0 Å². The van der Waals surface area contributed by atoms with Crippen molar-refractivity contribution in [3.63, 3.8) is 0 Å². The lowest BCUT2D eigenvalue weighted by atomic mass is 10.2. The number of nitro groups is 1. The summed E-state index contributed by atoms with van der Waals surface area (Å²) >= 11 is 0. The Labute approximate surface area is 170 Å². The highest BCUT2D eigenvalue weighted by Crippen LogP contribution is 2.32. The summed E-state index contributed by atoms with van der Waals surface area (Å²) in [4.78, 5) is 13.3. The molecule has 0 unspecified atom stereocenters. The molecule has 0 spiro atoms. The molecule has 2 aliphatic rings. The minimum atomic E-state index is -3.70. The molecule has 2 aliphatic heterocycles. The van der Waals surface area contributed by atoms with Crippen molar-refractivity contribution in [3.05, 3.63) is 52.6 Å².